The molecule has 0 amide bonds. The van der Waals surface area contributed by atoms with E-state index in [0.29, 0.717) is 22.3 Å². The fourth-order valence-corrected chi connectivity index (χ4v) is 2.68. The molecule has 1 aromatic carbocycles. The van der Waals surface area contributed by atoms with Gasteiger partial charge >= 0.3 is 0 Å². The highest BCUT2D eigenvalue weighted by Crippen LogP contribution is 2.37. The van der Waals surface area contributed by atoms with Crippen LogP contribution in [0.3, 0.4) is 0 Å². The van der Waals surface area contributed by atoms with Crippen LogP contribution in [0.5, 0.6) is 5.75 Å². The Labute approximate surface area is 105 Å². The third-order valence-electron chi connectivity index (χ3n) is 3.59. The molecule has 0 saturated heterocycles. The monoisotopic (exact) mass is 246 g/mol. The highest BCUT2D eigenvalue weighted by Gasteiger charge is 2.20. The lowest BCUT2D eigenvalue weighted by Gasteiger charge is -2.19. The number of aromatic nitrogens is 1. The number of halogens is 1. The first kappa shape index (κ1) is 11.3. The number of pyridine rings is 1. The number of hydrogen-bond acceptors (Lipinski definition) is 3. The molecule has 0 bridgehead atoms. The van der Waals surface area contributed by atoms with Crippen LogP contribution in [0.2, 0.25) is 0 Å². The number of nitrogens with two attached hydrogens (primary N) is 1. The predicted octanol–water partition coefficient (Wildman–Crippen LogP) is 2.84. The molecule has 1 aliphatic carbocycles. The summed E-state index contributed by atoms with van der Waals surface area (Å²) in [6, 6.07) is 2.98. The Hall–Kier alpha value is -1.84. The molecule has 2 N–H and O–H groups in total. The second-order valence-electron chi connectivity index (χ2n) is 4.63. The van der Waals surface area contributed by atoms with Crippen LogP contribution in [0, 0.1) is 5.82 Å². The summed E-state index contributed by atoms with van der Waals surface area (Å²) in [6.07, 6.45) is 4.01. The first-order valence-electron chi connectivity index (χ1n) is 6.16. The van der Waals surface area contributed by atoms with Gasteiger partial charge in [0, 0.05) is 11.4 Å². The van der Waals surface area contributed by atoms with E-state index in [0.717, 1.165) is 36.9 Å². The first-order valence-corrected chi connectivity index (χ1v) is 6.16. The van der Waals surface area contributed by atoms with Gasteiger partial charge in [0.05, 0.1) is 12.5 Å². The fraction of sp³-hybridized carbons (Fsp3) is 0.357. The molecule has 0 spiro atoms. The van der Waals surface area contributed by atoms with E-state index in [9.17, 15) is 4.39 Å². The van der Waals surface area contributed by atoms with Gasteiger partial charge in [-0.2, -0.15) is 0 Å². The van der Waals surface area contributed by atoms with E-state index in [1.807, 2.05) is 0 Å². The number of benzene rings is 1. The summed E-state index contributed by atoms with van der Waals surface area (Å²) in [5.74, 6) is 0.246. The van der Waals surface area contributed by atoms with Crippen LogP contribution < -0.4 is 10.5 Å². The van der Waals surface area contributed by atoms with Gasteiger partial charge in [0.15, 0.2) is 0 Å². The van der Waals surface area contributed by atoms with Crippen molar-refractivity contribution in [3.63, 3.8) is 0 Å². The lowest BCUT2D eigenvalue weighted by molar-refractivity contribution is 0.419. The van der Waals surface area contributed by atoms with Crippen molar-refractivity contribution in [2.45, 2.75) is 25.7 Å². The molecular weight excluding hydrogens is 231 g/mol. The molecule has 0 radical (unpaired) electrons. The summed E-state index contributed by atoms with van der Waals surface area (Å²) >= 11 is 0. The van der Waals surface area contributed by atoms with Gasteiger partial charge in [-0.05, 0) is 43.4 Å². The molecule has 0 aliphatic heterocycles. The van der Waals surface area contributed by atoms with E-state index in [-0.39, 0.29) is 5.82 Å². The molecule has 1 aliphatic rings. The maximum Gasteiger partial charge on any atom is 0.149 e. The van der Waals surface area contributed by atoms with E-state index < -0.39 is 0 Å². The summed E-state index contributed by atoms with van der Waals surface area (Å²) in [7, 11) is 1.56. The van der Waals surface area contributed by atoms with Gasteiger partial charge in [0.1, 0.15) is 17.1 Å². The number of aryl methyl sites for hydroxylation is 1. The van der Waals surface area contributed by atoms with Crippen molar-refractivity contribution in [3.8, 4) is 5.75 Å². The quantitative estimate of drug-likeness (QED) is 0.841. The Morgan fingerprint density at radius 1 is 1.28 bits per heavy atom. The predicted molar refractivity (Wildman–Crippen MR) is 69.3 cm³/mol. The second-order valence-corrected chi connectivity index (χ2v) is 4.63. The Morgan fingerprint density at radius 2 is 2.06 bits per heavy atom. The molecule has 1 aromatic heterocycles. The van der Waals surface area contributed by atoms with E-state index in [1.165, 1.54) is 6.07 Å². The molecule has 3 rings (SSSR count). The Bertz CT molecular complexity index is 625. The number of ether oxygens (including phenoxy) is 1. The van der Waals surface area contributed by atoms with Gasteiger partial charge in [-0.25, -0.2) is 9.37 Å². The smallest absolute Gasteiger partial charge is 0.149 e. The number of rotatable bonds is 1. The topological polar surface area (TPSA) is 48.1 Å². The molecule has 18 heavy (non-hydrogen) atoms. The molecule has 0 unspecified atom stereocenters. The van der Waals surface area contributed by atoms with Crippen molar-refractivity contribution in [3.05, 3.63) is 29.2 Å². The van der Waals surface area contributed by atoms with Crippen LogP contribution in [-0.2, 0) is 12.8 Å². The maximum absolute atomic E-state index is 13.9. The van der Waals surface area contributed by atoms with Crippen LogP contribution in [0.25, 0.3) is 10.9 Å². The SMILES string of the molecule is COc1ccc(F)c2nc3c(c(N)c12)CCCC3. The molecular formula is C14H15FN2O. The molecule has 3 nitrogen and oxygen atoms in total. The van der Waals surface area contributed by atoms with Gasteiger partial charge in [0.2, 0.25) is 0 Å². The largest absolute Gasteiger partial charge is 0.496 e. The Morgan fingerprint density at radius 3 is 2.83 bits per heavy atom. The van der Waals surface area contributed by atoms with E-state index in [1.54, 1.807) is 13.2 Å². The third kappa shape index (κ3) is 1.52. The minimum atomic E-state index is -0.342. The number of anilines is 1. The lowest BCUT2D eigenvalue weighted by Crippen LogP contribution is -2.10. The van der Waals surface area contributed by atoms with Crippen LogP contribution in [-0.4, -0.2) is 12.1 Å². The van der Waals surface area contributed by atoms with Gasteiger partial charge < -0.3 is 10.5 Å². The summed E-state index contributed by atoms with van der Waals surface area (Å²) in [4.78, 5) is 4.45. The molecule has 4 heteroatoms. The first-order chi connectivity index (χ1) is 8.72. The van der Waals surface area contributed by atoms with E-state index >= 15 is 0 Å². The molecule has 0 fully saturated rings. The number of nitrogen functional groups attached to an aromatic ring is 1. The van der Waals surface area contributed by atoms with Gasteiger partial charge in [-0.1, -0.05) is 0 Å². The average molecular weight is 246 g/mol. The third-order valence-corrected chi connectivity index (χ3v) is 3.59. The zero-order valence-corrected chi connectivity index (χ0v) is 10.3. The van der Waals surface area contributed by atoms with Gasteiger partial charge in [-0.15, -0.1) is 0 Å². The Kier molecular flexibility index (Phi) is 2.58. The maximum atomic E-state index is 13.9. The molecule has 0 saturated carbocycles. The molecule has 94 valence electrons. The van der Waals surface area contributed by atoms with E-state index in [4.69, 9.17) is 10.5 Å². The van der Waals surface area contributed by atoms with Gasteiger partial charge in [-0.3, -0.25) is 0 Å². The molecule has 2 aromatic rings. The number of hydrogen-bond donors (Lipinski definition) is 1. The van der Waals surface area contributed by atoms with Crippen LogP contribution >= 0.6 is 0 Å². The highest BCUT2D eigenvalue weighted by molar-refractivity contribution is 5.97. The minimum Gasteiger partial charge on any atom is -0.496 e. The summed E-state index contributed by atoms with van der Waals surface area (Å²) in [6.45, 7) is 0. The zero-order chi connectivity index (χ0) is 12.7. The molecule has 0 atom stereocenters. The van der Waals surface area contributed by atoms with Crippen molar-refractivity contribution in [1.29, 1.82) is 0 Å². The normalized spacial score (nSPS) is 14.6. The van der Waals surface area contributed by atoms with E-state index in [2.05, 4.69) is 4.98 Å². The average Bonchev–Trinajstić information content (AvgIpc) is 2.40. The Balaban J connectivity index is 2.41. The van der Waals surface area contributed by atoms with Crippen molar-refractivity contribution >= 4 is 16.6 Å². The highest BCUT2D eigenvalue weighted by atomic mass is 19.1. The van der Waals surface area contributed by atoms with Crippen molar-refractivity contribution in [1.82, 2.24) is 4.98 Å². The van der Waals surface area contributed by atoms with Crippen LogP contribution in [0.1, 0.15) is 24.1 Å². The minimum absolute atomic E-state index is 0.326. The van der Waals surface area contributed by atoms with Crippen LogP contribution in [0.15, 0.2) is 12.1 Å². The van der Waals surface area contributed by atoms with Crippen LogP contribution in [0.4, 0.5) is 10.1 Å². The van der Waals surface area contributed by atoms with Crippen molar-refractivity contribution < 1.29 is 9.13 Å². The van der Waals surface area contributed by atoms with Gasteiger partial charge in [0.25, 0.3) is 0 Å². The summed E-state index contributed by atoms with van der Waals surface area (Å²) in [5, 5.41) is 0.609. The lowest BCUT2D eigenvalue weighted by atomic mass is 9.92. The standard InChI is InChI=1S/C14H15FN2O/c1-18-11-7-6-9(15)14-12(11)13(16)8-4-2-3-5-10(8)17-14/h6-7H,2-5H2,1H3,(H2,16,17). The van der Waals surface area contributed by atoms with Crippen molar-refractivity contribution in [2.75, 3.05) is 12.8 Å². The summed E-state index contributed by atoms with van der Waals surface area (Å²) < 4.78 is 19.1. The molecule has 1 heterocycles. The zero-order valence-electron chi connectivity index (χ0n) is 10.3. The fourth-order valence-electron chi connectivity index (χ4n) is 2.68. The summed E-state index contributed by atoms with van der Waals surface area (Å²) in [5.41, 5.74) is 9.17. The number of fused-ring (bicyclic) bond motifs is 2. The number of methoxy groups -OCH3 is 1. The number of nitrogens with zero attached hydrogens (tertiary/aromatic N) is 1. The second kappa shape index (κ2) is 4.12. The van der Waals surface area contributed by atoms with Crippen molar-refractivity contribution in [2.24, 2.45) is 0 Å².